The second-order valence-electron chi connectivity index (χ2n) is 7.39. The smallest absolute Gasteiger partial charge is 0.243 e. The first kappa shape index (κ1) is 22.9. The molecule has 166 valence electrons. The molecule has 0 aromatic heterocycles. The minimum atomic E-state index is -3.92. The number of nitrogens with zero attached hydrogens (tertiary/aromatic N) is 2. The van der Waals surface area contributed by atoms with Crippen LogP contribution in [0, 0.1) is 5.82 Å². The van der Waals surface area contributed by atoms with Gasteiger partial charge in [-0.25, -0.2) is 12.8 Å². The first-order valence-corrected chi connectivity index (χ1v) is 11.7. The number of amides is 2. The molecule has 2 amide bonds. The summed E-state index contributed by atoms with van der Waals surface area (Å²) < 4.78 is 39.5. The van der Waals surface area contributed by atoms with Crippen molar-refractivity contribution in [3.05, 3.63) is 59.9 Å². The molecule has 0 unspecified atom stereocenters. The van der Waals surface area contributed by atoms with Crippen molar-refractivity contribution in [3.63, 3.8) is 0 Å². The highest BCUT2D eigenvalue weighted by Gasteiger charge is 2.25. The van der Waals surface area contributed by atoms with E-state index in [0.29, 0.717) is 12.1 Å². The van der Waals surface area contributed by atoms with E-state index in [1.54, 1.807) is 31.2 Å². The number of sulfonamides is 1. The summed E-state index contributed by atoms with van der Waals surface area (Å²) in [5.74, 6) is -0.933. The van der Waals surface area contributed by atoms with Crippen LogP contribution < -0.4 is 5.32 Å². The molecule has 9 heteroatoms. The lowest BCUT2D eigenvalue weighted by atomic mass is 10.1. The highest BCUT2D eigenvalue weighted by Crippen LogP contribution is 2.17. The van der Waals surface area contributed by atoms with Gasteiger partial charge < -0.3 is 10.2 Å². The van der Waals surface area contributed by atoms with Gasteiger partial charge >= 0.3 is 0 Å². The van der Waals surface area contributed by atoms with Crippen LogP contribution in [0.25, 0.3) is 0 Å². The van der Waals surface area contributed by atoms with Crippen molar-refractivity contribution in [2.75, 3.05) is 31.5 Å². The zero-order valence-electron chi connectivity index (χ0n) is 17.4. The molecule has 0 saturated carbocycles. The van der Waals surface area contributed by atoms with Gasteiger partial charge in [0.2, 0.25) is 21.8 Å². The van der Waals surface area contributed by atoms with Gasteiger partial charge in [0.1, 0.15) is 5.82 Å². The van der Waals surface area contributed by atoms with Crippen LogP contribution in [0.1, 0.15) is 25.3 Å². The Morgan fingerprint density at radius 2 is 1.65 bits per heavy atom. The van der Waals surface area contributed by atoms with E-state index in [9.17, 15) is 22.4 Å². The Morgan fingerprint density at radius 1 is 1.03 bits per heavy atom. The van der Waals surface area contributed by atoms with Gasteiger partial charge in [-0.15, -0.1) is 0 Å². The van der Waals surface area contributed by atoms with E-state index >= 15 is 0 Å². The minimum Gasteiger partial charge on any atom is -0.342 e. The van der Waals surface area contributed by atoms with Gasteiger partial charge in [-0.3, -0.25) is 9.59 Å². The molecule has 1 aliphatic heterocycles. The molecule has 0 atom stereocenters. The third-order valence-corrected chi connectivity index (χ3v) is 7.11. The minimum absolute atomic E-state index is 0.0735. The van der Waals surface area contributed by atoms with Gasteiger partial charge in [0.25, 0.3) is 0 Å². The van der Waals surface area contributed by atoms with Gasteiger partial charge in [0.15, 0.2) is 0 Å². The maximum atomic E-state index is 13.1. The number of carbonyl (C=O) groups excluding carboxylic acids is 2. The van der Waals surface area contributed by atoms with Crippen molar-refractivity contribution in [2.45, 2.75) is 31.1 Å². The molecule has 0 aliphatic carbocycles. The molecule has 1 heterocycles. The third kappa shape index (κ3) is 5.89. The molecule has 2 aromatic rings. The standard InChI is InChI=1S/C22H26FN3O4S/c1-2-26(31(29,30)20-11-7-18(23)8-12-20)16-21(27)24-19-9-5-17(6-10-19)15-22(28)25-13-3-4-14-25/h5-12H,2-4,13-16H2,1H3,(H,24,27). The molecule has 31 heavy (non-hydrogen) atoms. The summed E-state index contributed by atoms with van der Waals surface area (Å²) in [4.78, 5) is 26.4. The summed E-state index contributed by atoms with van der Waals surface area (Å²) in [5, 5.41) is 2.67. The monoisotopic (exact) mass is 447 g/mol. The zero-order chi connectivity index (χ0) is 22.4. The second-order valence-corrected chi connectivity index (χ2v) is 9.33. The van der Waals surface area contributed by atoms with Crippen molar-refractivity contribution in [1.82, 2.24) is 9.21 Å². The Labute approximate surface area is 181 Å². The van der Waals surface area contributed by atoms with Gasteiger partial charge in [-0.05, 0) is 54.8 Å². The Hall–Kier alpha value is -2.78. The van der Waals surface area contributed by atoms with Crippen LogP contribution in [0.5, 0.6) is 0 Å². The van der Waals surface area contributed by atoms with Crippen molar-refractivity contribution < 1.29 is 22.4 Å². The van der Waals surface area contributed by atoms with E-state index in [4.69, 9.17) is 0 Å². The van der Waals surface area contributed by atoms with Crippen molar-refractivity contribution in [2.24, 2.45) is 0 Å². The molecular formula is C22H26FN3O4S. The van der Waals surface area contributed by atoms with Crippen LogP contribution in [0.3, 0.4) is 0 Å². The fraction of sp³-hybridized carbons (Fsp3) is 0.364. The van der Waals surface area contributed by atoms with Crippen LogP contribution >= 0.6 is 0 Å². The number of halogens is 1. The Morgan fingerprint density at radius 3 is 2.23 bits per heavy atom. The van der Waals surface area contributed by atoms with Crippen molar-refractivity contribution in [1.29, 1.82) is 0 Å². The largest absolute Gasteiger partial charge is 0.342 e. The summed E-state index contributed by atoms with van der Waals surface area (Å²) in [5.41, 5.74) is 1.36. The number of likely N-dealkylation sites (N-methyl/N-ethyl adjacent to an activating group) is 1. The van der Waals surface area contributed by atoms with Crippen LogP contribution in [-0.4, -0.2) is 55.6 Å². The van der Waals surface area contributed by atoms with Gasteiger partial charge in [0.05, 0.1) is 17.9 Å². The molecule has 2 aromatic carbocycles. The first-order valence-electron chi connectivity index (χ1n) is 10.2. The van der Waals surface area contributed by atoms with Crippen LogP contribution in [0.15, 0.2) is 53.4 Å². The Balaban J connectivity index is 1.58. The van der Waals surface area contributed by atoms with Crippen molar-refractivity contribution >= 4 is 27.5 Å². The quantitative estimate of drug-likeness (QED) is 0.674. The van der Waals surface area contributed by atoms with E-state index < -0.39 is 21.7 Å². The lowest BCUT2D eigenvalue weighted by molar-refractivity contribution is -0.129. The van der Waals surface area contributed by atoms with E-state index in [1.807, 2.05) is 4.90 Å². The van der Waals surface area contributed by atoms with Crippen LogP contribution in [0.4, 0.5) is 10.1 Å². The maximum Gasteiger partial charge on any atom is 0.243 e. The maximum absolute atomic E-state index is 13.1. The highest BCUT2D eigenvalue weighted by atomic mass is 32.2. The fourth-order valence-corrected chi connectivity index (χ4v) is 4.85. The Kier molecular flexibility index (Phi) is 7.40. The molecule has 7 nitrogen and oxygen atoms in total. The summed E-state index contributed by atoms with van der Waals surface area (Å²) in [7, 11) is -3.92. The molecule has 1 N–H and O–H groups in total. The number of likely N-dealkylation sites (tertiary alicyclic amines) is 1. The third-order valence-electron chi connectivity index (χ3n) is 5.18. The van der Waals surface area contributed by atoms with Gasteiger partial charge in [-0.2, -0.15) is 4.31 Å². The topological polar surface area (TPSA) is 86.8 Å². The number of anilines is 1. The Bertz CT molecular complexity index is 1020. The van der Waals surface area contributed by atoms with Crippen molar-refractivity contribution in [3.8, 4) is 0 Å². The number of hydrogen-bond donors (Lipinski definition) is 1. The predicted octanol–water partition coefficient (Wildman–Crippen LogP) is 2.64. The van der Waals surface area contributed by atoms with E-state index in [0.717, 1.165) is 47.9 Å². The molecule has 1 fully saturated rings. The first-order chi connectivity index (χ1) is 14.8. The summed E-state index contributed by atoms with van der Waals surface area (Å²) in [6.07, 6.45) is 2.40. The summed E-state index contributed by atoms with van der Waals surface area (Å²) in [6, 6.07) is 11.4. The van der Waals surface area contributed by atoms with Gasteiger partial charge in [-0.1, -0.05) is 19.1 Å². The average Bonchev–Trinajstić information content (AvgIpc) is 3.29. The molecule has 1 aliphatic rings. The molecule has 0 radical (unpaired) electrons. The van der Waals surface area contributed by atoms with E-state index in [1.165, 1.54) is 12.1 Å². The fourth-order valence-electron chi connectivity index (χ4n) is 3.44. The SMILES string of the molecule is CCN(CC(=O)Nc1ccc(CC(=O)N2CCCC2)cc1)S(=O)(=O)c1ccc(F)cc1. The molecule has 3 rings (SSSR count). The normalized spacial score (nSPS) is 14.1. The molecule has 0 bridgehead atoms. The number of rotatable bonds is 8. The summed E-state index contributed by atoms with van der Waals surface area (Å²) in [6.45, 7) is 2.96. The highest BCUT2D eigenvalue weighted by molar-refractivity contribution is 7.89. The second kappa shape index (κ2) is 10.0. The zero-order valence-corrected chi connectivity index (χ0v) is 18.2. The van der Waals surface area contributed by atoms with E-state index in [-0.39, 0.29) is 23.9 Å². The molecular weight excluding hydrogens is 421 g/mol. The molecule has 0 spiro atoms. The van der Waals surface area contributed by atoms with Crippen LogP contribution in [-0.2, 0) is 26.0 Å². The predicted molar refractivity (Wildman–Crippen MR) is 115 cm³/mol. The average molecular weight is 448 g/mol. The number of benzene rings is 2. The number of carbonyl (C=O) groups is 2. The lowest BCUT2D eigenvalue weighted by Gasteiger charge is -2.20. The van der Waals surface area contributed by atoms with Crippen LogP contribution in [0.2, 0.25) is 0 Å². The molecule has 1 saturated heterocycles. The lowest BCUT2D eigenvalue weighted by Crippen LogP contribution is -2.37. The summed E-state index contributed by atoms with van der Waals surface area (Å²) >= 11 is 0. The number of hydrogen-bond acceptors (Lipinski definition) is 4. The number of nitrogens with one attached hydrogen (secondary N) is 1. The van der Waals surface area contributed by atoms with Gasteiger partial charge in [0, 0.05) is 25.3 Å². The van der Waals surface area contributed by atoms with E-state index in [2.05, 4.69) is 5.32 Å².